The van der Waals surface area contributed by atoms with Crippen LogP contribution < -0.4 is 0 Å². The summed E-state index contributed by atoms with van der Waals surface area (Å²) in [6.45, 7) is 3.70. The number of carbonyl (C=O) groups excluding carboxylic acids is 1. The Hall–Kier alpha value is -1.27. The first-order chi connectivity index (χ1) is 32.6. The molecule has 0 amide bonds. The van der Waals surface area contributed by atoms with E-state index in [1.54, 1.807) is 0 Å². The Morgan fingerprint density at radius 1 is 0.478 bits per heavy atom. The van der Waals surface area contributed by atoms with Crippen molar-refractivity contribution in [3.8, 4) is 0 Å². The van der Waals surface area contributed by atoms with Crippen molar-refractivity contribution in [1.82, 2.24) is 0 Å². The van der Waals surface area contributed by atoms with E-state index in [4.69, 9.17) is 28.4 Å². The van der Waals surface area contributed by atoms with Crippen LogP contribution in [0.5, 0.6) is 0 Å². The number of ether oxygens (including phenoxy) is 6. The molecule has 2 rings (SSSR count). The Labute approximate surface area is 405 Å². The molecule has 396 valence electrons. The standard InChI is InChI=1S/C53H100O14/c1-3-5-7-9-11-13-15-17-19-20-21-22-23-24-26-28-30-32-34-36-45(55)65-42(39-62-37-35-33-31-29-27-25-18-16-14-12-10-8-6-4-2)40-63-52-51(61)49(59)47(57)44(67-52)41-64-53-50(60)48(58)46(56)43(38-54)66-53/h14,16,42-44,46-54,56-61H,3-13,15,17-41H2,1-2H3/b16-14-. The minimum absolute atomic E-state index is 0.0629. The van der Waals surface area contributed by atoms with Gasteiger partial charge in [-0.05, 0) is 38.5 Å². The highest BCUT2D eigenvalue weighted by Crippen LogP contribution is 2.27. The Balaban J connectivity index is 1.73. The maximum absolute atomic E-state index is 13.0. The first kappa shape index (κ1) is 61.8. The largest absolute Gasteiger partial charge is 0.457 e. The highest BCUT2D eigenvalue weighted by Gasteiger charge is 2.47. The zero-order chi connectivity index (χ0) is 48.7. The maximum atomic E-state index is 13.0. The second-order valence-electron chi connectivity index (χ2n) is 19.4. The molecule has 0 radical (unpaired) electrons. The van der Waals surface area contributed by atoms with Crippen molar-refractivity contribution in [3.05, 3.63) is 12.2 Å². The average Bonchev–Trinajstić information content (AvgIpc) is 3.32. The van der Waals surface area contributed by atoms with E-state index >= 15 is 0 Å². The summed E-state index contributed by atoms with van der Waals surface area (Å²) in [5.41, 5.74) is 0. The molecule has 7 N–H and O–H groups in total. The van der Waals surface area contributed by atoms with Gasteiger partial charge in [0.2, 0.25) is 0 Å². The van der Waals surface area contributed by atoms with Gasteiger partial charge in [0.05, 0.1) is 26.4 Å². The lowest BCUT2D eigenvalue weighted by Crippen LogP contribution is -2.61. The van der Waals surface area contributed by atoms with Crippen molar-refractivity contribution in [2.75, 3.05) is 33.0 Å². The zero-order valence-corrected chi connectivity index (χ0v) is 42.2. The minimum Gasteiger partial charge on any atom is -0.457 e. The van der Waals surface area contributed by atoms with Crippen molar-refractivity contribution in [1.29, 1.82) is 0 Å². The molecule has 2 aliphatic heterocycles. The molecule has 0 aromatic carbocycles. The van der Waals surface area contributed by atoms with Crippen LogP contribution in [0.15, 0.2) is 12.2 Å². The van der Waals surface area contributed by atoms with Crippen LogP contribution in [-0.2, 0) is 33.2 Å². The van der Waals surface area contributed by atoms with Gasteiger partial charge in [0.25, 0.3) is 0 Å². The van der Waals surface area contributed by atoms with Crippen molar-refractivity contribution in [2.45, 2.75) is 287 Å². The summed E-state index contributed by atoms with van der Waals surface area (Å²) in [5, 5.41) is 72.2. The molecular weight excluding hydrogens is 861 g/mol. The minimum atomic E-state index is -1.70. The Bertz CT molecular complexity index is 1160. The first-order valence-electron chi connectivity index (χ1n) is 27.3. The van der Waals surface area contributed by atoms with Gasteiger partial charge in [-0.15, -0.1) is 0 Å². The van der Waals surface area contributed by atoms with Crippen LogP contribution in [0, 0.1) is 0 Å². The van der Waals surface area contributed by atoms with Gasteiger partial charge in [0.15, 0.2) is 12.6 Å². The van der Waals surface area contributed by atoms with Crippen LogP contribution in [0.4, 0.5) is 0 Å². The van der Waals surface area contributed by atoms with Crippen molar-refractivity contribution < 1.29 is 69.0 Å². The molecule has 2 saturated heterocycles. The summed E-state index contributed by atoms with van der Waals surface area (Å²) in [5.74, 6) is -0.373. The number of esters is 1. The summed E-state index contributed by atoms with van der Waals surface area (Å²) < 4.78 is 34.3. The van der Waals surface area contributed by atoms with Gasteiger partial charge >= 0.3 is 5.97 Å². The molecule has 2 aliphatic rings. The van der Waals surface area contributed by atoms with Gasteiger partial charge < -0.3 is 64.2 Å². The molecule has 0 saturated carbocycles. The Morgan fingerprint density at radius 2 is 0.881 bits per heavy atom. The number of aliphatic hydroxyl groups excluding tert-OH is 7. The number of rotatable bonds is 44. The van der Waals surface area contributed by atoms with Gasteiger partial charge in [0, 0.05) is 13.0 Å². The molecule has 2 heterocycles. The summed E-state index contributed by atoms with van der Waals surface area (Å²) in [6, 6.07) is 0. The SMILES string of the molecule is CCCCCC/C=C\CCCCCCCCOCC(COC1OC(COC2OC(CO)C(O)C(O)C2O)C(O)C(O)C1O)OC(=O)CCCCCCCCCCCCCCCCCCCCC. The number of aliphatic hydroxyl groups is 7. The first-order valence-corrected chi connectivity index (χ1v) is 27.3. The second-order valence-corrected chi connectivity index (χ2v) is 19.4. The van der Waals surface area contributed by atoms with Crippen LogP contribution >= 0.6 is 0 Å². The lowest BCUT2D eigenvalue weighted by Gasteiger charge is -2.42. The highest BCUT2D eigenvalue weighted by atomic mass is 16.7. The van der Waals surface area contributed by atoms with Crippen LogP contribution in [0.1, 0.15) is 219 Å². The van der Waals surface area contributed by atoms with E-state index in [-0.39, 0.29) is 25.6 Å². The summed E-state index contributed by atoms with van der Waals surface area (Å²) in [7, 11) is 0. The third-order valence-electron chi connectivity index (χ3n) is 13.3. The van der Waals surface area contributed by atoms with Crippen LogP contribution in [-0.4, -0.2) is 142 Å². The number of allylic oxidation sites excluding steroid dienone is 2. The molecule has 11 unspecified atom stereocenters. The fraction of sp³-hybridized carbons (Fsp3) is 0.943. The molecule has 0 spiro atoms. The quantitative estimate of drug-likeness (QED) is 0.0173. The predicted octanol–water partition coefficient (Wildman–Crippen LogP) is 8.63. The van der Waals surface area contributed by atoms with Crippen molar-refractivity contribution in [3.63, 3.8) is 0 Å². The fourth-order valence-electron chi connectivity index (χ4n) is 8.81. The monoisotopic (exact) mass is 961 g/mol. The van der Waals surface area contributed by atoms with Gasteiger partial charge in [-0.25, -0.2) is 0 Å². The van der Waals surface area contributed by atoms with Crippen molar-refractivity contribution in [2.24, 2.45) is 0 Å². The summed E-state index contributed by atoms with van der Waals surface area (Å²) in [4.78, 5) is 13.0. The molecule has 14 nitrogen and oxygen atoms in total. The smallest absolute Gasteiger partial charge is 0.306 e. The van der Waals surface area contributed by atoms with Crippen LogP contribution in [0.3, 0.4) is 0 Å². The molecule has 0 aliphatic carbocycles. The van der Waals surface area contributed by atoms with Gasteiger partial charge in [-0.1, -0.05) is 187 Å². The number of hydrogen-bond acceptors (Lipinski definition) is 14. The molecule has 11 atom stereocenters. The van der Waals surface area contributed by atoms with E-state index in [0.717, 1.165) is 44.9 Å². The third-order valence-corrected chi connectivity index (χ3v) is 13.3. The molecule has 0 aromatic heterocycles. The van der Waals surface area contributed by atoms with Gasteiger partial charge in [0.1, 0.15) is 54.9 Å². The van der Waals surface area contributed by atoms with E-state index in [9.17, 15) is 40.5 Å². The lowest BCUT2D eigenvalue weighted by atomic mass is 9.98. The molecular formula is C53H100O14. The molecule has 0 bridgehead atoms. The van der Waals surface area contributed by atoms with Crippen molar-refractivity contribution >= 4 is 5.97 Å². The predicted molar refractivity (Wildman–Crippen MR) is 261 cm³/mol. The third kappa shape index (κ3) is 29.0. The number of hydrogen-bond donors (Lipinski definition) is 7. The van der Waals surface area contributed by atoms with E-state index in [2.05, 4.69) is 26.0 Å². The zero-order valence-electron chi connectivity index (χ0n) is 42.2. The normalized spacial score (nSPS) is 26.1. The molecule has 0 aromatic rings. The topological polar surface area (TPSA) is 214 Å². The highest BCUT2D eigenvalue weighted by molar-refractivity contribution is 5.69. The molecule has 67 heavy (non-hydrogen) atoms. The van der Waals surface area contributed by atoms with Gasteiger partial charge in [-0.3, -0.25) is 4.79 Å². The number of unbranched alkanes of at least 4 members (excludes halogenated alkanes) is 28. The van der Waals surface area contributed by atoms with E-state index < -0.39 is 80.7 Å². The summed E-state index contributed by atoms with van der Waals surface area (Å²) >= 11 is 0. The Kier molecular flexibility index (Phi) is 38.2. The van der Waals surface area contributed by atoms with Crippen LogP contribution in [0.25, 0.3) is 0 Å². The fourth-order valence-corrected chi connectivity index (χ4v) is 8.81. The maximum Gasteiger partial charge on any atom is 0.306 e. The van der Waals surface area contributed by atoms with E-state index in [0.29, 0.717) is 13.0 Å². The van der Waals surface area contributed by atoms with Gasteiger partial charge in [-0.2, -0.15) is 0 Å². The van der Waals surface area contributed by atoms with Crippen LogP contribution in [0.2, 0.25) is 0 Å². The van der Waals surface area contributed by atoms with E-state index in [1.807, 2.05) is 0 Å². The Morgan fingerprint density at radius 3 is 1.37 bits per heavy atom. The molecule has 14 heteroatoms. The van der Waals surface area contributed by atoms with E-state index in [1.165, 1.54) is 148 Å². The average molecular weight is 961 g/mol. The number of carbonyl (C=O) groups is 1. The lowest BCUT2D eigenvalue weighted by molar-refractivity contribution is -0.332. The summed E-state index contributed by atoms with van der Waals surface area (Å²) in [6.07, 6.45) is 27.0. The molecule has 2 fully saturated rings. The second kappa shape index (κ2) is 41.4.